The molecule has 0 radical (unpaired) electrons. The summed E-state index contributed by atoms with van der Waals surface area (Å²) >= 11 is 0. The topological polar surface area (TPSA) is 87.7 Å². The van der Waals surface area contributed by atoms with E-state index in [-0.39, 0.29) is 6.61 Å². The monoisotopic (exact) mass is 238 g/mol. The van der Waals surface area contributed by atoms with Gasteiger partial charge in [-0.2, -0.15) is 0 Å². The minimum Gasteiger partial charge on any atom is -0.484 e. The summed E-state index contributed by atoms with van der Waals surface area (Å²) in [7, 11) is 0. The Morgan fingerprint density at radius 2 is 2.00 bits per heavy atom. The van der Waals surface area contributed by atoms with Crippen molar-refractivity contribution in [2.45, 2.75) is 13.0 Å². The highest BCUT2D eigenvalue weighted by Crippen LogP contribution is 2.07. The number of hydroxylamine groups is 1. The Bertz CT molecular complexity index is 380. The number of rotatable bonds is 5. The smallest absolute Gasteiger partial charge is 0.265 e. The van der Waals surface area contributed by atoms with Crippen molar-refractivity contribution in [3.8, 4) is 5.75 Å². The largest absolute Gasteiger partial charge is 0.484 e. The van der Waals surface area contributed by atoms with Gasteiger partial charge in [-0.25, -0.2) is 5.48 Å². The molecule has 2 amide bonds. The second kappa shape index (κ2) is 6.49. The van der Waals surface area contributed by atoms with Gasteiger partial charge in [-0.15, -0.1) is 0 Å². The van der Waals surface area contributed by atoms with Gasteiger partial charge in [0.2, 0.25) is 0 Å². The average molecular weight is 238 g/mol. The summed E-state index contributed by atoms with van der Waals surface area (Å²) in [6.07, 6.45) is 0. The lowest BCUT2D eigenvalue weighted by Crippen LogP contribution is -2.45. The number of carbonyl (C=O) groups excluding carboxylic acids is 2. The van der Waals surface area contributed by atoms with Crippen LogP contribution in [0, 0.1) is 0 Å². The van der Waals surface area contributed by atoms with Crippen molar-refractivity contribution in [1.82, 2.24) is 10.8 Å². The molecule has 0 saturated heterocycles. The molecule has 17 heavy (non-hydrogen) atoms. The number of ether oxygens (including phenoxy) is 1. The number of hydrogen-bond acceptors (Lipinski definition) is 4. The van der Waals surface area contributed by atoms with Gasteiger partial charge in [0.05, 0.1) is 0 Å². The molecule has 0 aliphatic heterocycles. The molecule has 0 aromatic heterocycles. The molecule has 92 valence electrons. The molecule has 0 spiro atoms. The molecule has 0 saturated carbocycles. The highest BCUT2D eigenvalue weighted by Gasteiger charge is 2.14. The summed E-state index contributed by atoms with van der Waals surface area (Å²) in [5.41, 5.74) is 1.45. The first-order valence-corrected chi connectivity index (χ1v) is 5.04. The second-order valence-corrected chi connectivity index (χ2v) is 3.37. The quantitative estimate of drug-likeness (QED) is 0.500. The summed E-state index contributed by atoms with van der Waals surface area (Å²) in [5, 5.41) is 10.7. The molecule has 0 heterocycles. The van der Waals surface area contributed by atoms with Gasteiger partial charge in [0, 0.05) is 0 Å². The average Bonchev–Trinajstić information content (AvgIpc) is 2.36. The van der Waals surface area contributed by atoms with E-state index in [1.54, 1.807) is 24.3 Å². The number of hydrogen-bond donors (Lipinski definition) is 3. The summed E-state index contributed by atoms with van der Waals surface area (Å²) in [6, 6.07) is 8.03. The molecule has 0 aliphatic carbocycles. The molecular formula is C11H14N2O4. The molecule has 1 rings (SSSR count). The molecule has 1 aromatic carbocycles. The van der Waals surface area contributed by atoms with Crippen molar-refractivity contribution in [2.75, 3.05) is 6.61 Å². The number of nitrogens with one attached hydrogen (secondary N) is 2. The Balaban J connectivity index is 2.33. The SMILES string of the molecule is CC(NC(=O)COc1ccccc1)C(=O)NO. The molecule has 6 nitrogen and oxygen atoms in total. The fourth-order valence-electron chi connectivity index (χ4n) is 1.11. The molecule has 0 aliphatic rings. The summed E-state index contributed by atoms with van der Waals surface area (Å²) in [4.78, 5) is 22.3. The van der Waals surface area contributed by atoms with Crippen molar-refractivity contribution in [3.05, 3.63) is 30.3 Å². The van der Waals surface area contributed by atoms with Gasteiger partial charge in [-0.3, -0.25) is 14.8 Å². The normalized spacial score (nSPS) is 11.4. The zero-order chi connectivity index (χ0) is 12.7. The second-order valence-electron chi connectivity index (χ2n) is 3.37. The van der Waals surface area contributed by atoms with Gasteiger partial charge < -0.3 is 10.1 Å². The van der Waals surface area contributed by atoms with Crippen molar-refractivity contribution in [1.29, 1.82) is 0 Å². The van der Waals surface area contributed by atoms with Gasteiger partial charge in [-0.1, -0.05) is 18.2 Å². The molecule has 6 heteroatoms. The molecule has 0 fully saturated rings. The molecule has 1 atom stereocenters. The van der Waals surface area contributed by atoms with E-state index in [2.05, 4.69) is 5.32 Å². The van der Waals surface area contributed by atoms with E-state index in [0.29, 0.717) is 5.75 Å². The van der Waals surface area contributed by atoms with E-state index in [1.807, 2.05) is 6.07 Å². The Morgan fingerprint density at radius 1 is 1.35 bits per heavy atom. The molecule has 3 N–H and O–H groups in total. The summed E-state index contributed by atoms with van der Waals surface area (Å²) in [6.45, 7) is 1.26. The zero-order valence-electron chi connectivity index (χ0n) is 9.34. The third kappa shape index (κ3) is 4.52. The van der Waals surface area contributed by atoms with Crippen LogP contribution >= 0.6 is 0 Å². The fraction of sp³-hybridized carbons (Fsp3) is 0.273. The fourth-order valence-corrected chi connectivity index (χ4v) is 1.11. The van der Waals surface area contributed by atoms with Gasteiger partial charge >= 0.3 is 0 Å². The predicted octanol–water partition coefficient (Wildman–Crippen LogP) is 0.0755. The number of para-hydroxylation sites is 1. The van der Waals surface area contributed by atoms with Crippen LogP contribution in [0.2, 0.25) is 0 Å². The van der Waals surface area contributed by atoms with Crippen molar-refractivity contribution >= 4 is 11.8 Å². The van der Waals surface area contributed by atoms with E-state index in [4.69, 9.17) is 9.94 Å². The Hall–Kier alpha value is -2.08. The van der Waals surface area contributed by atoms with Crippen LogP contribution in [0.3, 0.4) is 0 Å². The van der Waals surface area contributed by atoms with Crippen LogP contribution in [0.4, 0.5) is 0 Å². The maximum atomic E-state index is 11.3. The maximum Gasteiger partial charge on any atom is 0.265 e. The predicted molar refractivity (Wildman–Crippen MR) is 59.5 cm³/mol. The highest BCUT2D eigenvalue weighted by atomic mass is 16.5. The standard InChI is InChI=1S/C11H14N2O4/c1-8(11(15)13-16)12-10(14)7-17-9-5-3-2-4-6-9/h2-6,8,16H,7H2,1H3,(H,12,14)(H,13,15). The lowest BCUT2D eigenvalue weighted by Gasteiger charge is -2.12. The van der Waals surface area contributed by atoms with Crippen LogP contribution in [-0.2, 0) is 9.59 Å². The van der Waals surface area contributed by atoms with E-state index in [9.17, 15) is 9.59 Å². The van der Waals surface area contributed by atoms with E-state index in [1.165, 1.54) is 12.4 Å². The minimum atomic E-state index is -0.813. The van der Waals surface area contributed by atoms with Crippen LogP contribution in [-0.4, -0.2) is 29.7 Å². The Morgan fingerprint density at radius 3 is 2.59 bits per heavy atom. The van der Waals surface area contributed by atoms with Crippen LogP contribution in [0.1, 0.15) is 6.92 Å². The Labute approximate surface area is 98.5 Å². The highest BCUT2D eigenvalue weighted by molar-refractivity contribution is 5.87. The third-order valence-corrected chi connectivity index (χ3v) is 1.99. The summed E-state index contributed by atoms with van der Waals surface area (Å²) < 4.78 is 5.18. The van der Waals surface area contributed by atoms with Crippen molar-refractivity contribution in [2.24, 2.45) is 0 Å². The van der Waals surface area contributed by atoms with Crippen molar-refractivity contribution in [3.63, 3.8) is 0 Å². The van der Waals surface area contributed by atoms with Crippen LogP contribution in [0.15, 0.2) is 30.3 Å². The molecule has 1 aromatic rings. The molecular weight excluding hydrogens is 224 g/mol. The van der Waals surface area contributed by atoms with E-state index < -0.39 is 17.9 Å². The molecule has 1 unspecified atom stereocenters. The number of amides is 2. The minimum absolute atomic E-state index is 0.187. The Kier molecular flexibility index (Phi) is 4.96. The van der Waals surface area contributed by atoms with Gasteiger partial charge in [0.1, 0.15) is 11.8 Å². The molecule has 0 bridgehead atoms. The van der Waals surface area contributed by atoms with E-state index in [0.717, 1.165) is 0 Å². The van der Waals surface area contributed by atoms with Crippen LogP contribution < -0.4 is 15.5 Å². The first-order valence-electron chi connectivity index (χ1n) is 5.04. The zero-order valence-corrected chi connectivity index (χ0v) is 9.34. The first-order chi connectivity index (χ1) is 8.13. The third-order valence-electron chi connectivity index (χ3n) is 1.99. The van der Waals surface area contributed by atoms with Crippen LogP contribution in [0.25, 0.3) is 0 Å². The number of carbonyl (C=O) groups is 2. The lowest BCUT2D eigenvalue weighted by molar-refractivity contribution is -0.134. The van der Waals surface area contributed by atoms with Gasteiger partial charge in [-0.05, 0) is 19.1 Å². The maximum absolute atomic E-state index is 11.3. The van der Waals surface area contributed by atoms with Crippen LogP contribution in [0.5, 0.6) is 5.75 Å². The van der Waals surface area contributed by atoms with Gasteiger partial charge in [0.25, 0.3) is 11.8 Å². The van der Waals surface area contributed by atoms with Gasteiger partial charge in [0.15, 0.2) is 6.61 Å². The van der Waals surface area contributed by atoms with Crippen molar-refractivity contribution < 1.29 is 19.5 Å². The summed E-state index contributed by atoms with van der Waals surface area (Å²) in [5.74, 6) is -0.551. The van der Waals surface area contributed by atoms with E-state index >= 15 is 0 Å². The first kappa shape index (κ1) is 13.0. The number of benzene rings is 1. The lowest BCUT2D eigenvalue weighted by atomic mass is 10.3.